The van der Waals surface area contributed by atoms with E-state index in [1.165, 1.54) is 0 Å². The predicted molar refractivity (Wildman–Crippen MR) is 130 cm³/mol. The number of aryl methyl sites for hydroxylation is 1. The molecule has 0 aliphatic carbocycles. The highest BCUT2D eigenvalue weighted by Crippen LogP contribution is 2.33. The number of likely N-dealkylation sites (N-methyl/N-ethyl adjacent to an activating group) is 1. The number of hydrogen-bond acceptors (Lipinski definition) is 8. The van der Waals surface area contributed by atoms with Gasteiger partial charge in [0.2, 0.25) is 6.79 Å². The zero-order valence-corrected chi connectivity index (χ0v) is 19.8. The molecule has 1 fully saturated rings. The van der Waals surface area contributed by atoms with Crippen LogP contribution in [0.1, 0.15) is 28.6 Å². The molecule has 180 valence electrons. The van der Waals surface area contributed by atoms with E-state index in [4.69, 9.17) is 9.47 Å². The number of para-hydroxylation sites is 1. The fourth-order valence-corrected chi connectivity index (χ4v) is 4.91. The van der Waals surface area contributed by atoms with E-state index in [1.54, 1.807) is 4.68 Å². The third kappa shape index (κ3) is 4.04. The Kier molecular flexibility index (Phi) is 5.46. The first-order chi connectivity index (χ1) is 17.1. The van der Waals surface area contributed by atoms with Crippen LogP contribution in [0.15, 0.2) is 47.3 Å². The molecule has 35 heavy (non-hydrogen) atoms. The molecule has 0 radical (unpaired) electrons. The van der Waals surface area contributed by atoms with Crippen molar-refractivity contribution in [1.29, 1.82) is 0 Å². The van der Waals surface area contributed by atoms with Gasteiger partial charge in [0.15, 0.2) is 17.3 Å². The molecular weight excluding hydrogens is 446 g/mol. The van der Waals surface area contributed by atoms with Crippen molar-refractivity contribution in [3.63, 3.8) is 0 Å². The van der Waals surface area contributed by atoms with Crippen LogP contribution in [0.5, 0.6) is 11.5 Å². The number of pyridine rings is 1. The van der Waals surface area contributed by atoms with Gasteiger partial charge in [-0.05, 0) is 59.1 Å². The molecule has 0 saturated carbocycles. The van der Waals surface area contributed by atoms with Crippen LogP contribution in [0.4, 0.5) is 0 Å². The maximum atomic E-state index is 13.4. The van der Waals surface area contributed by atoms with Gasteiger partial charge in [-0.15, -0.1) is 5.10 Å². The number of ether oxygens (including phenoxy) is 2. The topological polar surface area (TPSA) is 101 Å². The van der Waals surface area contributed by atoms with Gasteiger partial charge in [0.05, 0.1) is 12.1 Å². The number of H-pyrrole nitrogens is 1. The Morgan fingerprint density at radius 2 is 1.89 bits per heavy atom. The summed E-state index contributed by atoms with van der Waals surface area (Å²) >= 11 is 0. The average Bonchev–Trinajstić information content (AvgIpc) is 3.51. The number of hydrogen-bond donors (Lipinski definition) is 1. The zero-order valence-electron chi connectivity index (χ0n) is 19.8. The number of benzene rings is 2. The number of nitrogens with zero attached hydrogens (tertiary/aromatic N) is 6. The second-order valence-corrected chi connectivity index (χ2v) is 9.22. The van der Waals surface area contributed by atoms with Crippen molar-refractivity contribution in [2.75, 3.05) is 40.0 Å². The molecule has 0 amide bonds. The van der Waals surface area contributed by atoms with Gasteiger partial charge in [-0.25, -0.2) is 4.68 Å². The maximum Gasteiger partial charge on any atom is 0.253 e. The van der Waals surface area contributed by atoms with Crippen molar-refractivity contribution in [3.8, 4) is 11.5 Å². The Morgan fingerprint density at radius 1 is 1.06 bits per heavy atom. The molecule has 10 heteroatoms. The lowest BCUT2D eigenvalue weighted by Gasteiger charge is -2.37. The standard InChI is InChI=1S/C25H27N7O3/c1-16-4-3-5-18-13-19(25(33)26-22(16)18)23(31-10-8-30(2)9-11-31)24-27-28-29-32(24)14-17-6-7-20-21(12-17)35-15-34-20/h3-7,12-13,23H,8-11,14-15H2,1-2H3,(H,26,33)/t23-/m1/s1. The van der Waals surface area contributed by atoms with E-state index in [0.29, 0.717) is 23.7 Å². The molecular formula is C25H27N7O3. The van der Waals surface area contributed by atoms with E-state index >= 15 is 0 Å². The molecule has 2 aliphatic rings. The van der Waals surface area contributed by atoms with Crippen LogP contribution in [0.2, 0.25) is 0 Å². The van der Waals surface area contributed by atoms with Crippen molar-refractivity contribution in [2.45, 2.75) is 19.5 Å². The molecule has 6 rings (SSSR count). The highest BCUT2D eigenvalue weighted by atomic mass is 16.7. The second-order valence-electron chi connectivity index (χ2n) is 9.22. The van der Waals surface area contributed by atoms with Crippen LogP contribution in [-0.4, -0.2) is 75.0 Å². The summed E-state index contributed by atoms with van der Waals surface area (Å²) in [4.78, 5) is 21.1. The lowest BCUT2D eigenvalue weighted by atomic mass is 10.0. The van der Waals surface area contributed by atoms with Gasteiger partial charge in [-0.2, -0.15) is 0 Å². The number of fused-ring (bicyclic) bond motifs is 2. The van der Waals surface area contributed by atoms with Crippen LogP contribution >= 0.6 is 0 Å². The molecule has 0 bridgehead atoms. The highest BCUT2D eigenvalue weighted by molar-refractivity contribution is 5.82. The minimum atomic E-state index is -0.374. The Balaban J connectivity index is 1.43. The SMILES string of the molecule is Cc1cccc2cc([C@H](c3nnnn3Cc3ccc4c(c3)OCO4)N3CCN(C)CC3)c(=O)[nH]c12. The summed E-state index contributed by atoms with van der Waals surface area (Å²) in [5.41, 5.74) is 3.42. The fraction of sp³-hybridized carbons (Fsp3) is 0.360. The third-order valence-electron chi connectivity index (χ3n) is 6.89. The summed E-state index contributed by atoms with van der Waals surface area (Å²) in [6.07, 6.45) is 0. The Hall–Kier alpha value is -3.76. The van der Waals surface area contributed by atoms with E-state index < -0.39 is 0 Å². The zero-order chi connectivity index (χ0) is 23.9. The molecule has 4 aromatic rings. The van der Waals surface area contributed by atoms with Gasteiger partial charge in [0, 0.05) is 31.7 Å². The van der Waals surface area contributed by atoms with E-state index in [2.05, 4.69) is 37.4 Å². The average molecular weight is 474 g/mol. The van der Waals surface area contributed by atoms with Crippen LogP contribution in [0.3, 0.4) is 0 Å². The quantitative estimate of drug-likeness (QED) is 0.469. The van der Waals surface area contributed by atoms with E-state index in [0.717, 1.165) is 54.0 Å². The summed E-state index contributed by atoms with van der Waals surface area (Å²) in [6, 6.07) is 13.5. The molecule has 2 aliphatic heterocycles. The number of tetrazole rings is 1. The monoisotopic (exact) mass is 473 g/mol. The van der Waals surface area contributed by atoms with Crippen molar-refractivity contribution >= 4 is 10.9 Å². The number of nitrogens with one attached hydrogen (secondary N) is 1. The molecule has 1 saturated heterocycles. The van der Waals surface area contributed by atoms with Gasteiger partial charge in [-0.1, -0.05) is 24.3 Å². The van der Waals surface area contributed by atoms with E-state index in [-0.39, 0.29) is 18.4 Å². The molecule has 2 aromatic carbocycles. The molecule has 0 spiro atoms. The van der Waals surface area contributed by atoms with E-state index in [9.17, 15) is 4.79 Å². The minimum Gasteiger partial charge on any atom is -0.454 e. The number of piperazine rings is 1. The lowest BCUT2D eigenvalue weighted by molar-refractivity contribution is 0.121. The molecule has 1 N–H and O–H groups in total. The van der Waals surface area contributed by atoms with Gasteiger partial charge in [0.25, 0.3) is 5.56 Å². The lowest BCUT2D eigenvalue weighted by Crippen LogP contribution is -2.47. The van der Waals surface area contributed by atoms with Gasteiger partial charge >= 0.3 is 0 Å². The summed E-state index contributed by atoms with van der Waals surface area (Å²) in [5.74, 6) is 2.10. The van der Waals surface area contributed by atoms with Crippen LogP contribution in [0.25, 0.3) is 10.9 Å². The van der Waals surface area contributed by atoms with Crippen molar-refractivity contribution in [2.24, 2.45) is 0 Å². The molecule has 4 heterocycles. The van der Waals surface area contributed by atoms with Crippen molar-refractivity contribution in [3.05, 3.63) is 75.3 Å². The fourth-order valence-electron chi connectivity index (χ4n) is 4.91. The summed E-state index contributed by atoms with van der Waals surface area (Å²) in [6.45, 7) is 6.11. The normalized spacial score (nSPS) is 17.2. The Labute approximate surface area is 202 Å². The van der Waals surface area contributed by atoms with Crippen LogP contribution in [-0.2, 0) is 6.54 Å². The van der Waals surface area contributed by atoms with Gasteiger partial charge < -0.3 is 19.4 Å². The number of rotatable bonds is 5. The third-order valence-corrected chi connectivity index (χ3v) is 6.89. The molecule has 2 aromatic heterocycles. The Bertz CT molecular complexity index is 1440. The number of aromatic amines is 1. The van der Waals surface area contributed by atoms with Gasteiger partial charge in [-0.3, -0.25) is 9.69 Å². The van der Waals surface area contributed by atoms with Crippen molar-refractivity contribution < 1.29 is 9.47 Å². The minimum absolute atomic E-state index is 0.117. The molecule has 10 nitrogen and oxygen atoms in total. The van der Waals surface area contributed by atoms with Crippen LogP contribution < -0.4 is 15.0 Å². The highest BCUT2D eigenvalue weighted by Gasteiger charge is 2.32. The molecule has 0 unspecified atom stereocenters. The smallest absolute Gasteiger partial charge is 0.253 e. The maximum absolute atomic E-state index is 13.4. The van der Waals surface area contributed by atoms with Crippen molar-refractivity contribution in [1.82, 2.24) is 35.0 Å². The summed E-state index contributed by atoms with van der Waals surface area (Å²) in [5, 5.41) is 13.7. The number of aromatic nitrogens is 5. The van der Waals surface area contributed by atoms with Crippen LogP contribution in [0, 0.1) is 6.92 Å². The predicted octanol–water partition coefficient (Wildman–Crippen LogP) is 1.94. The Morgan fingerprint density at radius 3 is 2.74 bits per heavy atom. The first kappa shape index (κ1) is 21.8. The summed E-state index contributed by atoms with van der Waals surface area (Å²) in [7, 11) is 2.11. The first-order valence-electron chi connectivity index (χ1n) is 11.8. The molecule has 1 atom stereocenters. The summed E-state index contributed by atoms with van der Waals surface area (Å²) < 4.78 is 12.7. The largest absolute Gasteiger partial charge is 0.454 e. The van der Waals surface area contributed by atoms with E-state index in [1.807, 2.05) is 49.4 Å². The second kappa shape index (κ2) is 8.79. The van der Waals surface area contributed by atoms with Gasteiger partial charge in [0.1, 0.15) is 6.04 Å². The first-order valence-corrected chi connectivity index (χ1v) is 11.8.